The van der Waals surface area contributed by atoms with E-state index in [-0.39, 0.29) is 0 Å². The van der Waals surface area contributed by atoms with Gasteiger partial charge in [-0.2, -0.15) is 0 Å². The molecule has 2 saturated heterocycles. The summed E-state index contributed by atoms with van der Waals surface area (Å²) in [5, 5.41) is 3.61. The van der Waals surface area contributed by atoms with Crippen LogP contribution < -0.4 is 5.32 Å². The molecule has 2 fully saturated rings. The van der Waals surface area contributed by atoms with Crippen LogP contribution in [-0.4, -0.2) is 45.1 Å². The first kappa shape index (κ1) is 14.2. The van der Waals surface area contributed by atoms with Crippen LogP contribution in [-0.2, 0) is 6.42 Å². The predicted octanol–water partition coefficient (Wildman–Crippen LogP) is 2.34. The van der Waals surface area contributed by atoms with Crippen molar-refractivity contribution in [2.45, 2.75) is 51.2 Å². The number of pyridine rings is 1. The number of nitrogens with one attached hydrogen (secondary N) is 1. The molecule has 4 heterocycles. The van der Waals surface area contributed by atoms with Gasteiger partial charge in [0.15, 0.2) is 5.65 Å². The lowest BCUT2D eigenvalue weighted by Gasteiger charge is -2.24. The van der Waals surface area contributed by atoms with Crippen molar-refractivity contribution in [1.29, 1.82) is 0 Å². The van der Waals surface area contributed by atoms with Crippen molar-refractivity contribution in [2.24, 2.45) is 0 Å². The first-order valence-corrected chi connectivity index (χ1v) is 8.66. The second-order valence-corrected chi connectivity index (χ2v) is 6.49. The molecule has 2 aliphatic heterocycles. The smallest absolute Gasteiger partial charge is 0.161 e. The molecule has 2 atom stereocenters. The molecular weight excluding hydrogens is 274 g/mol. The lowest BCUT2D eigenvalue weighted by atomic mass is 10.1. The number of fused-ring (bicyclic) bond motifs is 1. The zero-order valence-corrected chi connectivity index (χ0v) is 13.3. The van der Waals surface area contributed by atoms with Crippen LogP contribution in [0, 0.1) is 0 Å². The number of hydrogen-bond acceptors (Lipinski definition) is 4. The number of imidazole rings is 1. The summed E-state index contributed by atoms with van der Waals surface area (Å²) in [5.41, 5.74) is 2.07. The van der Waals surface area contributed by atoms with Gasteiger partial charge in [0.1, 0.15) is 11.3 Å². The largest absolute Gasteiger partial charge is 0.300 e. The Kier molecular flexibility index (Phi) is 3.84. The summed E-state index contributed by atoms with van der Waals surface area (Å²) >= 11 is 0. The molecule has 2 aromatic heterocycles. The van der Waals surface area contributed by atoms with Gasteiger partial charge in [0.2, 0.25) is 0 Å². The normalized spacial score (nSPS) is 26.2. The molecule has 0 spiro atoms. The van der Waals surface area contributed by atoms with Gasteiger partial charge in [-0.25, -0.2) is 9.97 Å². The van der Waals surface area contributed by atoms with Crippen LogP contribution in [0.25, 0.3) is 11.2 Å². The van der Waals surface area contributed by atoms with Gasteiger partial charge < -0.3 is 4.90 Å². The summed E-state index contributed by atoms with van der Waals surface area (Å²) < 4.78 is 2.37. The maximum absolute atomic E-state index is 4.92. The van der Waals surface area contributed by atoms with Crippen molar-refractivity contribution < 1.29 is 0 Å². The quantitative estimate of drug-likeness (QED) is 0.941. The van der Waals surface area contributed by atoms with E-state index in [0.29, 0.717) is 12.2 Å². The molecule has 22 heavy (non-hydrogen) atoms. The second-order valence-electron chi connectivity index (χ2n) is 6.49. The second kappa shape index (κ2) is 5.97. The van der Waals surface area contributed by atoms with Gasteiger partial charge in [-0.3, -0.25) is 9.88 Å². The number of nitrogens with zero attached hydrogens (tertiary/aromatic N) is 4. The van der Waals surface area contributed by atoms with Crippen LogP contribution in [0.15, 0.2) is 18.3 Å². The standard InChI is InChI=1S/C17H25N5/c1-2-21-11-5-6-13(21)12-16-20-14-7-3-10-19-17(14)22(16)15-8-4-9-18-15/h3,7,10,13,15,18H,2,4-6,8-9,11-12H2,1H3. The molecule has 5 heteroatoms. The van der Waals surface area contributed by atoms with E-state index in [9.17, 15) is 0 Å². The van der Waals surface area contributed by atoms with Gasteiger partial charge in [0, 0.05) is 18.7 Å². The van der Waals surface area contributed by atoms with Gasteiger partial charge >= 0.3 is 0 Å². The number of likely N-dealkylation sites (tertiary alicyclic amines) is 1. The molecular formula is C17H25N5. The molecule has 0 saturated carbocycles. The highest BCUT2D eigenvalue weighted by molar-refractivity contribution is 5.71. The van der Waals surface area contributed by atoms with Gasteiger partial charge in [-0.1, -0.05) is 6.92 Å². The van der Waals surface area contributed by atoms with Crippen molar-refractivity contribution >= 4 is 11.2 Å². The Hall–Kier alpha value is -1.46. The lowest BCUT2D eigenvalue weighted by Crippen LogP contribution is -2.32. The van der Waals surface area contributed by atoms with Crippen LogP contribution >= 0.6 is 0 Å². The fraction of sp³-hybridized carbons (Fsp3) is 0.647. The first-order valence-electron chi connectivity index (χ1n) is 8.66. The van der Waals surface area contributed by atoms with Crippen LogP contribution in [0.5, 0.6) is 0 Å². The Bertz CT molecular complexity index is 644. The van der Waals surface area contributed by atoms with Crippen molar-refractivity contribution in [3.05, 3.63) is 24.2 Å². The Labute approximate surface area is 131 Å². The van der Waals surface area contributed by atoms with Crippen LogP contribution in [0.2, 0.25) is 0 Å². The maximum Gasteiger partial charge on any atom is 0.161 e. The number of likely N-dealkylation sites (N-methyl/N-ethyl adjacent to an activating group) is 1. The Morgan fingerprint density at radius 3 is 3.09 bits per heavy atom. The van der Waals surface area contributed by atoms with Crippen molar-refractivity contribution in [3.8, 4) is 0 Å². The lowest BCUT2D eigenvalue weighted by molar-refractivity contribution is 0.260. The number of hydrogen-bond donors (Lipinski definition) is 1. The monoisotopic (exact) mass is 299 g/mol. The van der Waals surface area contributed by atoms with Crippen molar-refractivity contribution in [3.63, 3.8) is 0 Å². The highest BCUT2D eigenvalue weighted by Crippen LogP contribution is 2.27. The molecule has 4 rings (SSSR count). The summed E-state index contributed by atoms with van der Waals surface area (Å²) in [6.45, 7) is 5.74. The summed E-state index contributed by atoms with van der Waals surface area (Å²) in [7, 11) is 0. The molecule has 2 unspecified atom stereocenters. The fourth-order valence-electron chi connectivity index (χ4n) is 4.09. The van der Waals surface area contributed by atoms with Gasteiger partial charge in [-0.05, 0) is 57.5 Å². The van der Waals surface area contributed by atoms with E-state index in [4.69, 9.17) is 4.98 Å². The molecule has 2 aromatic rings. The highest BCUT2D eigenvalue weighted by atomic mass is 15.3. The Morgan fingerprint density at radius 1 is 1.32 bits per heavy atom. The summed E-state index contributed by atoms with van der Waals surface area (Å²) in [4.78, 5) is 12.1. The minimum absolute atomic E-state index is 0.367. The average molecular weight is 299 g/mol. The zero-order valence-electron chi connectivity index (χ0n) is 13.3. The van der Waals surface area contributed by atoms with E-state index in [1.807, 2.05) is 12.3 Å². The third kappa shape index (κ3) is 2.42. The molecule has 0 amide bonds. The summed E-state index contributed by atoms with van der Waals surface area (Å²) in [6.07, 6.45) is 8.32. The van der Waals surface area contributed by atoms with E-state index >= 15 is 0 Å². The topological polar surface area (TPSA) is 46.0 Å². The average Bonchev–Trinajstić information content (AvgIpc) is 3.25. The molecule has 5 nitrogen and oxygen atoms in total. The Balaban J connectivity index is 1.71. The number of aromatic nitrogens is 3. The van der Waals surface area contributed by atoms with E-state index in [2.05, 4.69) is 32.8 Å². The van der Waals surface area contributed by atoms with Gasteiger partial charge in [0.05, 0.1) is 6.17 Å². The first-order chi connectivity index (χ1) is 10.9. The SMILES string of the molecule is CCN1CCCC1Cc1nc2cccnc2n1C1CCCN1. The van der Waals surface area contributed by atoms with Crippen LogP contribution in [0.1, 0.15) is 44.6 Å². The molecule has 1 N–H and O–H groups in total. The Morgan fingerprint density at radius 2 is 2.27 bits per heavy atom. The molecule has 0 aromatic carbocycles. The molecule has 0 bridgehead atoms. The number of rotatable bonds is 4. The molecule has 2 aliphatic rings. The van der Waals surface area contributed by atoms with E-state index in [1.54, 1.807) is 0 Å². The molecule has 0 aliphatic carbocycles. The van der Waals surface area contributed by atoms with Gasteiger partial charge in [-0.15, -0.1) is 0 Å². The minimum atomic E-state index is 0.367. The van der Waals surface area contributed by atoms with Crippen LogP contribution in [0.3, 0.4) is 0 Å². The fourth-order valence-corrected chi connectivity index (χ4v) is 4.09. The summed E-state index contributed by atoms with van der Waals surface area (Å²) in [5.74, 6) is 1.21. The van der Waals surface area contributed by atoms with E-state index in [1.165, 1.54) is 38.1 Å². The van der Waals surface area contributed by atoms with E-state index in [0.717, 1.165) is 30.7 Å². The maximum atomic E-state index is 4.92. The predicted molar refractivity (Wildman–Crippen MR) is 87.8 cm³/mol. The zero-order chi connectivity index (χ0) is 14.9. The van der Waals surface area contributed by atoms with Crippen molar-refractivity contribution in [2.75, 3.05) is 19.6 Å². The van der Waals surface area contributed by atoms with Crippen LogP contribution in [0.4, 0.5) is 0 Å². The third-order valence-corrected chi connectivity index (χ3v) is 5.19. The highest BCUT2D eigenvalue weighted by Gasteiger charge is 2.28. The molecule has 0 radical (unpaired) electrons. The molecule has 118 valence electrons. The van der Waals surface area contributed by atoms with Gasteiger partial charge in [0.25, 0.3) is 0 Å². The third-order valence-electron chi connectivity index (χ3n) is 5.19. The van der Waals surface area contributed by atoms with E-state index < -0.39 is 0 Å². The summed E-state index contributed by atoms with van der Waals surface area (Å²) in [6, 6.07) is 4.71. The van der Waals surface area contributed by atoms with Crippen molar-refractivity contribution in [1.82, 2.24) is 24.8 Å². The minimum Gasteiger partial charge on any atom is -0.300 e.